The maximum atomic E-state index is 12.6. The highest BCUT2D eigenvalue weighted by Gasteiger charge is 2.32. The lowest BCUT2D eigenvalue weighted by Gasteiger charge is -2.13. The number of aromatic nitrogens is 2. The van der Waals surface area contributed by atoms with E-state index in [1.165, 1.54) is 12.1 Å². The maximum absolute atomic E-state index is 12.6. The molecule has 0 amide bonds. The van der Waals surface area contributed by atoms with Crippen LogP contribution in [0, 0.1) is 0 Å². The second-order valence-corrected chi connectivity index (χ2v) is 4.64. The molecule has 2 aromatic heterocycles. The van der Waals surface area contributed by atoms with Gasteiger partial charge in [-0.05, 0) is 24.3 Å². The van der Waals surface area contributed by atoms with Gasteiger partial charge in [0.05, 0.1) is 12.2 Å². The van der Waals surface area contributed by atoms with Gasteiger partial charge < -0.3 is 10.2 Å². The maximum Gasteiger partial charge on any atom is 0.433 e. The predicted octanol–water partition coefficient (Wildman–Crippen LogP) is 3.17. The molecule has 0 bridgehead atoms. The lowest BCUT2D eigenvalue weighted by molar-refractivity contribution is -0.141. The number of nitrogens with zero attached hydrogens (tertiary/aromatic N) is 3. The van der Waals surface area contributed by atoms with Crippen molar-refractivity contribution in [3.05, 3.63) is 47.8 Å². The second kappa shape index (κ2) is 5.99. The average Bonchev–Trinajstić information content (AvgIpc) is 2.45. The van der Waals surface area contributed by atoms with E-state index in [2.05, 4.69) is 15.3 Å². The summed E-state index contributed by atoms with van der Waals surface area (Å²) in [4.78, 5) is 9.77. The van der Waals surface area contributed by atoms with Gasteiger partial charge in [0.25, 0.3) is 0 Å². The van der Waals surface area contributed by atoms with Crippen molar-refractivity contribution >= 4 is 11.6 Å². The van der Waals surface area contributed by atoms with Gasteiger partial charge in [-0.1, -0.05) is 12.1 Å². The van der Waals surface area contributed by atoms with Crippen LogP contribution < -0.4 is 10.2 Å². The number of pyridine rings is 2. The van der Waals surface area contributed by atoms with Crippen LogP contribution in [0.1, 0.15) is 11.4 Å². The minimum absolute atomic E-state index is 0.168. The normalized spacial score (nSPS) is 11.3. The molecule has 0 aliphatic rings. The van der Waals surface area contributed by atoms with Crippen molar-refractivity contribution in [3.63, 3.8) is 0 Å². The largest absolute Gasteiger partial charge is 0.433 e. The SMILES string of the molecule is CN(C)c1cccc(CNc2cccc(C(F)(F)F)n2)n1. The first-order chi connectivity index (χ1) is 9.86. The molecule has 0 saturated carbocycles. The van der Waals surface area contributed by atoms with Crippen molar-refractivity contribution in [1.82, 2.24) is 9.97 Å². The third-order valence-corrected chi connectivity index (χ3v) is 2.74. The molecule has 112 valence electrons. The number of hydrogen-bond acceptors (Lipinski definition) is 4. The molecule has 2 heterocycles. The van der Waals surface area contributed by atoms with Crippen LogP contribution >= 0.6 is 0 Å². The molecule has 0 saturated heterocycles. The zero-order valence-electron chi connectivity index (χ0n) is 11.6. The highest BCUT2D eigenvalue weighted by Crippen LogP contribution is 2.28. The van der Waals surface area contributed by atoms with Crippen LogP contribution in [-0.4, -0.2) is 24.1 Å². The van der Waals surface area contributed by atoms with Gasteiger partial charge in [0.1, 0.15) is 17.3 Å². The third kappa shape index (κ3) is 4.08. The molecule has 0 fully saturated rings. The molecule has 21 heavy (non-hydrogen) atoms. The van der Waals surface area contributed by atoms with Crippen LogP contribution in [0.15, 0.2) is 36.4 Å². The lowest BCUT2D eigenvalue weighted by Crippen LogP contribution is -2.13. The first-order valence-corrected chi connectivity index (χ1v) is 6.27. The smallest absolute Gasteiger partial charge is 0.364 e. The van der Waals surface area contributed by atoms with Crippen molar-refractivity contribution < 1.29 is 13.2 Å². The van der Waals surface area contributed by atoms with Crippen LogP contribution in [0.3, 0.4) is 0 Å². The Kier molecular flexibility index (Phi) is 4.30. The Morgan fingerprint density at radius 2 is 1.76 bits per heavy atom. The fourth-order valence-corrected chi connectivity index (χ4v) is 1.69. The van der Waals surface area contributed by atoms with Crippen LogP contribution in [0.5, 0.6) is 0 Å². The number of anilines is 2. The topological polar surface area (TPSA) is 41.0 Å². The third-order valence-electron chi connectivity index (χ3n) is 2.74. The van der Waals surface area contributed by atoms with Crippen molar-refractivity contribution in [1.29, 1.82) is 0 Å². The predicted molar refractivity (Wildman–Crippen MR) is 75.1 cm³/mol. The number of hydrogen-bond donors (Lipinski definition) is 1. The fraction of sp³-hybridized carbons (Fsp3) is 0.286. The van der Waals surface area contributed by atoms with E-state index in [4.69, 9.17) is 0 Å². The van der Waals surface area contributed by atoms with Crippen molar-refractivity contribution in [2.45, 2.75) is 12.7 Å². The molecule has 0 unspecified atom stereocenters. The monoisotopic (exact) mass is 296 g/mol. The van der Waals surface area contributed by atoms with E-state index in [9.17, 15) is 13.2 Å². The Labute approximate surface area is 120 Å². The second-order valence-electron chi connectivity index (χ2n) is 4.64. The number of nitrogens with one attached hydrogen (secondary N) is 1. The van der Waals surface area contributed by atoms with Gasteiger partial charge in [-0.25, -0.2) is 9.97 Å². The minimum atomic E-state index is -4.44. The number of alkyl halides is 3. The molecule has 4 nitrogen and oxygen atoms in total. The molecule has 2 rings (SSSR count). The molecular formula is C14H15F3N4. The summed E-state index contributed by atoms with van der Waals surface area (Å²) in [7, 11) is 3.74. The Morgan fingerprint density at radius 3 is 2.43 bits per heavy atom. The molecule has 0 aliphatic carbocycles. The van der Waals surface area contributed by atoms with Crippen LogP contribution in [0.25, 0.3) is 0 Å². The standard InChI is InChI=1S/C14H15F3N4/c1-21(2)13-8-3-5-10(19-13)9-18-12-7-4-6-11(20-12)14(15,16)17/h3-8H,9H2,1-2H3,(H,18,20). The van der Waals surface area contributed by atoms with Crippen molar-refractivity contribution in [2.24, 2.45) is 0 Å². The van der Waals surface area contributed by atoms with E-state index < -0.39 is 11.9 Å². The molecule has 7 heteroatoms. The number of halogens is 3. The Balaban J connectivity index is 2.08. The summed E-state index contributed by atoms with van der Waals surface area (Å²) in [6.45, 7) is 0.302. The fourth-order valence-electron chi connectivity index (χ4n) is 1.69. The Hall–Kier alpha value is -2.31. The lowest BCUT2D eigenvalue weighted by atomic mass is 10.3. The van der Waals surface area contributed by atoms with Crippen LogP contribution in [-0.2, 0) is 12.7 Å². The van der Waals surface area contributed by atoms with Crippen LogP contribution in [0.2, 0.25) is 0 Å². The van der Waals surface area contributed by atoms with E-state index in [0.29, 0.717) is 6.54 Å². The van der Waals surface area contributed by atoms with Crippen molar-refractivity contribution in [3.8, 4) is 0 Å². The summed E-state index contributed by atoms with van der Waals surface area (Å²) < 4.78 is 37.7. The summed E-state index contributed by atoms with van der Waals surface area (Å²) in [5, 5.41) is 2.85. The Morgan fingerprint density at radius 1 is 1.05 bits per heavy atom. The molecular weight excluding hydrogens is 281 g/mol. The molecule has 2 aromatic rings. The van der Waals surface area contributed by atoms with Gasteiger partial charge in [-0.3, -0.25) is 0 Å². The first-order valence-electron chi connectivity index (χ1n) is 6.27. The van der Waals surface area contributed by atoms with Gasteiger partial charge >= 0.3 is 6.18 Å². The first kappa shape index (κ1) is 15.1. The molecule has 0 radical (unpaired) electrons. The Bertz CT molecular complexity index is 611. The molecule has 0 aliphatic heterocycles. The van der Waals surface area contributed by atoms with Gasteiger partial charge in [0.2, 0.25) is 0 Å². The zero-order valence-corrected chi connectivity index (χ0v) is 11.6. The number of rotatable bonds is 4. The van der Waals surface area contributed by atoms with E-state index in [-0.39, 0.29) is 5.82 Å². The van der Waals surface area contributed by atoms with E-state index in [1.807, 2.05) is 31.1 Å². The molecule has 0 atom stereocenters. The van der Waals surface area contributed by atoms with E-state index in [0.717, 1.165) is 17.6 Å². The molecule has 1 N–H and O–H groups in total. The highest BCUT2D eigenvalue weighted by molar-refractivity contribution is 5.39. The molecule has 0 spiro atoms. The summed E-state index contributed by atoms with van der Waals surface area (Å²) in [5.74, 6) is 0.952. The van der Waals surface area contributed by atoms with Gasteiger partial charge in [0.15, 0.2) is 0 Å². The van der Waals surface area contributed by atoms with Crippen molar-refractivity contribution in [2.75, 3.05) is 24.3 Å². The average molecular weight is 296 g/mol. The summed E-state index contributed by atoms with van der Waals surface area (Å²) in [6.07, 6.45) is -4.44. The summed E-state index contributed by atoms with van der Waals surface area (Å²) in [6, 6.07) is 9.25. The van der Waals surface area contributed by atoms with Gasteiger partial charge in [0, 0.05) is 14.1 Å². The van der Waals surface area contributed by atoms with E-state index in [1.54, 1.807) is 6.07 Å². The quantitative estimate of drug-likeness (QED) is 0.941. The molecule has 0 aromatic carbocycles. The van der Waals surface area contributed by atoms with Gasteiger partial charge in [-0.2, -0.15) is 13.2 Å². The minimum Gasteiger partial charge on any atom is -0.364 e. The highest BCUT2D eigenvalue weighted by atomic mass is 19.4. The van der Waals surface area contributed by atoms with Crippen LogP contribution in [0.4, 0.5) is 24.8 Å². The summed E-state index contributed by atoms with van der Waals surface area (Å²) in [5.41, 5.74) is -0.192. The van der Waals surface area contributed by atoms with Gasteiger partial charge in [-0.15, -0.1) is 0 Å². The van der Waals surface area contributed by atoms with E-state index >= 15 is 0 Å². The zero-order chi connectivity index (χ0) is 15.5. The summed E-state index contributed by atoms with van der Waals surface area (Å²) >= 11 is 0.